The number of nitrogens with zero attached hydrogens (tertiary/aromatic N) is 2. The Bertz CT molecular complexity index is 633. The Kier molecular flexibility index (Phi) is 7.35. The van der Waals surface area contributed by atoms with E-state index >= 15 is 0 Å². The van der Waals surface area contributed by atoms with Gasteiger partial charge in [-0.15, -0.1) is 0 Å². The summed E-state index contributed by atoms with van der Waals surface area (Å²) < 4.78 is 0. The molecule has 28 heavy (non-hydrogen) atoms. The van der Waals surface area contributed by atoms with Gasteiger partial charge in [-0.2, -0.15) is 0 Å². The molecule has 1 aromatic carbocycles. The van der Waals surface area contributed by atoms with Crippen molar-refractivity contribution in [1.29, 1.82) is 0 Å². The lowest BCUT2D eigenvalue weighted by atomic mass is 9.89. The predicted molar refractivity (Wildman–Crippen MR) is 112 cm³/mol. The van der Waals surface area contributed by atoms with Gasteiger partial charge in [0.2, 0.25) is 5.91 Å². The van der Waals surface area contributed by atoms with Gasteiger partial charge in [0.1, 0.15) is 0 Å². The third kappa shape index (κ3) is 5.49. The van der Waals surface area contributed by atoms with Gasteiger partial charge in [0.25, 0.3) is 0 Å². The number of benzene rings is 1. The molecule has 0 spiro atoms. The fourth-order valence-corrected chi connectivity index (χ4v) is 4.32. The second-order valence-electron chi connectivity index (χ2n) is 8.67. The number of carbonyl (C=O) groups excluding carboxylic acids is 2. The van der Waals surface area contributed by atoms with E-state index in [1.165, 1.54) is 5.56 Å². The Morgan fingerprint density at radius 1 is 1.00 bits per heavy atom. The van der Waals surface area contributed by atoms with Crippen LogP contribution < -0.4 is 5.32 Å². The molecule has 0 bridgehead atoms. The first-order valence-corrected chi connectivity index (χ1v) is 10.9. The third-order valence-electron chi connectivity index (χ3n) is 6.35. The summed E-state index contributed by atoms with van der Waals surface area (Å²) in [5.41, 5.74) is 1.32. The first kappa shape index (κ1) is 20.7. The minimum atomic E-state index is 0.0192. The molecule has 2 fully saturated rings. The fourth-order valence-electron chi connectivity index (χ4n) is 4.32. The van der Waals surface area contributed by atoms with Gasteiger partial charge < -0.3 is 15.1 Å². The Morgan fingerprint density at radius 2 is 1.64 bits per heavy atom. The number of hydrogen-bond acceptors (Lipinski definition) is 2. The van der Waals surface area contributed by atoms with Crippen LogP contribution in [0.15, 0.2) is 30.3 Å². The van der Waals surface area contributed by atoms with Crippen LogP contribution in [0.5, 0.6) is 0 Å². The molecule has 3 rings (SSSR count). The summed E-state index contributed by atoms with van der Waals surface area (Å²) in [6.45, 7) is 8.32. The Morgan fingerprint density at radius 3 is 2.25 bits per heavy atom. The van der Waals surface area contributed by atoms with Crippen molar-refractivity contribution < 1.29 is 9.59 Å². The average molecular weight is 386 g/mol. The van der Waals surface area contributed by atoms with Gasteiger partial charge in [0.05, 0.1) is 0 Å². The smallest absolute Gasteiger partial charge is 0.317 e. The molecule has 0 radical (unpaired) electrons. The lowest BCUT2D eigenvalue weighted by molar-refractivity contribution is -0.135. The summed E-state index contributed by atoms with van der Waals surface area (Å²) in [6.07, 6.45) is 4.83. The lowest BCUT2D eigenvalue weighted by Gasteiger charge is -2.33. The molecular formula is C23H35N3O2. The van der Waals surface area contributed by atoms with Crippen molar-refractivity contribution in [2.75, 3.05) is 32.7 Å². The highest BCUT2D eigenvalue weighted by molar-refractivity contribution is 5.80. The number of carbonyl (C=O) groups is 2. The van der Waals surface area contributed by atoms with Gasteiger partial charge in [0, 0.05) is 38.6 Å². The SMILES string of the molecule is CC(C)[C@H](CNC(=O)N1CCC(C(=O)N2CCCC2)CC1)Cc1ccccc1. The molecule has 2 aliphatic heterocycles. The van der Waals surface area contributed by atoms with Crippen LogP contribution in [0.25, 0.3) is 0 Å². The second kappa shape index (κ2) is 9.94. The molecule has 154 valence electrons. The average Bonchev–Trinajstić information content (AvgIpc) is 3.26. The van der Waals surface area contributed by atoms with Crippen molar-refractivity contribution in [3.63, 3.8) is 0 Å². The number of rotatable bonds is 6. The van der Waals surface area contributed by atoms with Crippen molar-refractivity contribution in [2.24, 2.45) is 17.8 Å². The summed E-state index contributed by atoms with van der Waals surface area (Å²) in [7, 11) is 0. The molecule has 0 saturated carbocycles. The monoisotopic (exact) mass is 385 g/mol. The molecule has 0 unspecified atom stereocenters. The van der Waals surface area contributed by atoms with E-state index in [-0.39, 0.29) is 11.9 Å². The third-order valence-corrected chi connectivity index (χ3v) is 6.35. The molecule has 1 N–H and O–H groups in total. The van der Waals surface area contributed by atoms with Gasteiger partial charge in [-0.3, -0.25) is 4.79 Å². The van der Waals surface area contributed by atoms with Crippen molar-refractivity contribution >= 4 is 11.9 Å². The second-order valence-corrected chi connectivity index (χ2v) is 8.67. The first-order valence-electron chi connectivity index (χ1n) is 10.9. The summed E-state index contributed by atoms with van der Waals surface area (Å²) in [5.74, 6) is 1.33. The number of likely N-dealkylation sites (tertiary alicyclic amines) is 2. The largest absolute Gasteiger partial charge is 0.342 e. The Hall–Kier alpha value is -2.04. The predicted octanol–water partition coefficient (Wildman–Crippen LogP) is 3.55. The zero-order chi connectivity index (χ0) is 19.9. The van der Waals surface area contributed by atoms with Gasteiger partial charge in [-0.1, -0.05) is 44.2 Å². The Balaban J connectivity index is 1.43. The highest BCUT2D eigenvalue weighted by Gasteiger charge is 2.31. The van der Waals surface area contributed by atoms with Crippen molar-refractivity contribution in [3.05, 3.63) is 35.9 Å². The van der Waals surface area contributed by atoms with Gasteiger partial charge in [-0.25, -0.2) is 4.79 Å². The van der Waals surface area contributed by atoms with E-state index in [1.54, 1.807) is 0 Å². The van der Waals surface area contributed by atoms with Gasteiger partial charge in [0.15, 0.2) is 0 Å². The zero-order valence-corrected chi connectivity index (χ0v) is 17.4. The summed E-state index contributed by atoms with van der Waals surface area (Å²) in [4.78, 5) is 29.1. The molecule has 2 saturated heterocycles. The molecule has 5 heteroatoms. The normalized spacial score (nSPS) is 19.1. The van der Waals surface area contributed by atoms with Gasteiger partial charge >= 0.3 is 6.03 Å². The van der Waals surface area contributed by atoms with Crippen molar-refractivity contribution in [1.82, 2.24) is 15.1 Å². The van der Waals surface area contributed by atoms with Crippen LogP contribution in [0, 0.1) is 17.8 Å². The molecule has 1 atom stereocenters. The van der Waals surface area contributed by atoms with Crippen LogP contribution in [-0.2, 0) is 11.2 Å². The van der Waals surface area contributed by atoms with E-state index < -0.39 is 0 Å². The summed E-state index contributed by atoms with van der Waals surface area (Å²) in [5, 5.41) is 3.14. The first-order chi connectivity index (χ1) is 13.5. The van der Waals surface area contributed by atoms with Crippen molar-refractivity contribution in [2.45, 2.75) is 46.0 Å². The minimum Gasteiger partial charge on any atom is -0.342 e. The number of piperidine rings is 1. The highest BCUT2D eigenvalue weighted by atomic mass is 16.2. The molecule has 2 heterocycles. The maximum atomic E-state index is 12.6. The molecule has 0 aliphatic carbocycles. The van der Waals surface area contributed by atoms with E-state index in [1.807, 2.05) is 15.9 Å². The fraction of sp³-hybridized carbons (Fsp3) is 0.652. The quantitative estimate of drug-likeness (QED) is 0.814. The van der Waals surface area contributed by atoms with Crippen LogP contribution >= 0.6 is 0 Å². The zero-order valence-electron chi connectivity index (χ0n) is 17.4. The maximum Gasteiger partial charge on any atom is 0.317 e. The van der Waals surface area contributed by atoms with Crippen LogP contribution in [0.2, 0.25) is 0 Å². The van der Waals surface area contributed by atoms with Gasteiger partial charge in [-0.05, 0) is 49.5 Å². The number of urea groups is 1. The molecule has 0 aromatic heterocycles. The van der Waals surface area contributed by atoms with Crippen molar-refractivity contribution in [3.8, 4) is 0 Å². The molecule has 2 aliphatic rings. The Labute approximate surface area is 169 Å². The van der Waals surface area contributed by atoms with Crippen LogP contribution in [0.3, 0.4) is 0 Å². The topological polar surface area (TPSA) is 52.7 Å². The molecule has 1 aromatic rings. The number of nitrogens with one attached hydrogen (secondary N) is 1. The molecular weight excluding hydrogens is 350 g/mol. The molecule has 3 amide bonds. The summed E-state index contributed by atoms with van der Waals surface area (Å²) in [6, 6.07) is 10.5. The van der Waals surface area contributed by atoms with E-state index in [4.69, 9.17) is 0 Å². The van der Waals surface area contributed by atoms with E-state index in [2.05, 4.69) is 43.4 Å². The highest BCUT2D eigenvalue weighted by Crippen LogP contribution is 2.22. The number of amides is 3. The lowest BCUT2D eigenvalue weighted by Crippen LogP contribution is -2.48. The van der Waals surface area contributed by atoms with Crippen LogP contribution in [0.1, 0.15) is 45.1 Å². The van der Waals surface area contributed by atoms with Crippen LogP contribution in [-0.4, -0.2) is 54.5 Å². The van der Waals surface area contributed by atoms with E-state index in [0.717, 1.165) is 45.2 Å². The molecule has 5 nitrogen and oxygen atoms in total. The van der Waals surface area contributed by atoms with E-state index in [0.29, 0.717) is 37.4 Å². The van der Waals surface area contributed by atoms with Crippen LogP contribution in [0.4, 0.5) is 4.79 Å². The maximum absolute atomic E-state index is 12.6. The summed E-state index contributed by atoms with van der Waals surface area (Å²) >= 11 is 0. The standard InChI is InChI=1S/C23H35N3O2/c1-18(2)21(16-19-8-4-3-5-9-19)17-24-23(28)26-14-10-20(11-15-26)22(27)25-12-6-7-13-25/h3-5,8-9,18,20-21H,6-7,10-17H2,1-2H3,(H,24,28)/t21-/m0/s1. The van der Waals surface area contributed by atoms with E-state index in [9.17, 15) is 9.59 Å². The number of hydrogen-bond donors (Lipinski definition) is 1. The minimum absolute atomic E-state index is 0.0192.